The van der Waals surface area contributed by atoms with Crippen molar-refractivity contribution in [1.82, 2.24) is 5.32 Å². The zero-order valence-corrected chi connectivity index (χ0v) is 11.9. The molecule has 0 spiro atoms. The highest BCUT2D eigenvalue weighted by molar-refractivity contribution is 7.98. The largest absolute Gasteiger partial charge is 0.466 e. The normalized spacial score (nSPS) is 10.3. The Morgan fingerprint density at radius 1 is 1.33 bits per heavy atom. The molecule has 0 amide bonds. The first-order valence-corrected chi connectivity index (χ1v) is 7.48. The van der Waals surface area contributed by atoms with Crippen molar-refractivity contribution < 1.29 is 9.53 Å². The standard InChI is InChI=1S/C14H21NO2S/c1-3-14(16)17-10-4-9-15-11-12-5-7-13(18-2)8-6-12/h5-8,15H,3-4,9-11H2,1-2H3. The Bertz CT molecular complexity index is 351. The van der Waals surface area contributed by atoms with E-state index in [2.05, 4.69) is 35.8 Å². The number of nitrogens with one attached hydrogen (secondary N) is 1. The molecular formula is C14H21NO2S. The fourth-order valence-corrected chi connectivity index (χ4v) is 1.87. The molecule has 0 fully saturated rings. The van der Waals surface area contributed by atoms with Crippen LogP contribution in [0.2, 0.25) is 0 Å². The van der Waals surface area contributed by atoms with Gasteiger partial charge in [-0.05, 0) is 36.9 Å². The Kier molecular flexibility index (Phi) is 7.53. The molecular weight excluding hydrogens is 246 g/mol. The number of rotatable bonds is 8. The summed E-state index contributed by atoms with van der Waals surface area (Å²) in [7, 11) is 0. The minimum absolute atomic E-state index is 0.123. The lowest BCUT2D eigenvalue weighted by molar-refractivity contribution is -0.143. The van der Waals surface area contributed by atoms with Crippen LogP contribution in [0.3, 0.4) is 0 Å². The SMILES string of the molecule is CCC(=O)OCCCNCc1ccc(SC)cc1. The molecule has 1 N–H and O–H groups in total. The summed E-state index contributed by atoms with van der Waals surface area (Å²) in [5.74, 6) is -0.123. The van der Waals surface area contributed by atoms with E-state index in [0.29, 0.717) is 13.0 Å². The molecule has 0 atom stereocenters. The minimum atomic E-state index is -0.123. The maximum absolute atomic E-state index is 10.9. The van der Waals surface area contributed by atoms with Crippen molar-refractivity contribution in [1.29, 1.82) is 0 Å². The lowest BCUT2D eigenvalue weighted by Gasteiger charge is -2.06. The van der Waals surface area contributed by atoms with Gasteiger partial charge in [0, 0.05) is 17.9 Å². The van der Waals surface area contributed by atoms with Crippen molar-refractivity contribution in [2.75, 3.05) is 19.4 Å². The average molecular weight is 267 g/mol. The molecule has 0 unspecified atom stereocenters. The number of hydrogen-bond acceptors (Lipinski definition) is 4. The average Bonchev–Trinajstić information content (AvgIpc) is 2.43. The van der Waals surface area contributed by atoms with Gasteiger partial charge in [-0.15, -0.1) is 11.8 Å². The van der Waals surface area contributed by atoms with Gasteiger partial charge < -0.3 is 10.1 Å². The molecule has 3 nitrogen and oxygen atoms in total. The van der Waals surface area contributed by atoms with Gasteiger partial charge in [-0.3, -0.25) is 4.79 Å². The van der Waals surface area contributed by atoms with Crippen molar-refractivity contribution in [3.63, 3.8) is 0 Å². The van der Waals surface area contributed by atoms with Crippen LogP contribution in [0.15, 0.2) is 29.2 Å². The molecule has 0 saturated carbocycles. The van der Waals surface area contributed by atoms with E-state index in [1.165, 1.54) is 10.5 Å². The Labute approximate surface area is 113 Å². The molecule has 0 aromatic heterocycles. The summed E-state index contributed by atoms with van der Waals surface area (Å²) < 4.78 is 4.99. The third-order valence-electron chi connectivity index (χ3n) is 2.54. The van der Waals surface area contributed by atoms with Crippen LogP contribution >= 0.6 is 11.8 Å². The molecule has 0 saturated heterocycles. The van der Waals surface area contributed by atoms with Crippen LogP contribution in [-0.4, -0.2) is 25.4 Å². The summed E-state index contributed by atoms with van der Waals surface area (Å²) in [4.78, 5) is 12.2. The van der Waals surface area contributed by atoms with E-state index in [-0.39, 0.29) is 5.97 Å². The van der Waals surface area contributed by atoms with Crippen LogP contribution in [-0.2, 0) is 16.1 Å². The van der Waals surface area contributed by atoms with Crippen LogP contribution in [0.4, 0.5) is 0 Å². The van der Waals surface area contributed by atoms with Gasteiger partial charge in [0.1, 0.15) is 0 Å². The Morgan fingerprint density at radius 2 is 2.06 bits per heavy atom. The van der Waals surface area contributed by atoms with E-state index in [1.54, 1.807) is 18.7 Å². The molecule has 18 heavy (non-hydrogen) atoms. The number of carbonyl (C=O) groups is 1. The smallest absolute Gasteiger partial charge is 0.305 e. The number of ether oxygens (including phenoxy) is 1. The highest BCUT2D eigenvalue weighted by atomic mass is 32.2. The predicted molar refractivity (Wildman–Crippen MR) is 75.8 cm³/mol. The molecule has 0 aliphatic heterocycles. The number of thioether (sulfide) groups is 1. The van der Waals surface area contributed by atoms with Crippen molar-refractivity contribution in [3.05, 3.63) is 29.8 Å². The van der Waals surface area contributed by atoms with E-state index in [4.69, 9.17) is 4.74 Å². The molecule has 4 heteroatoms. The Morgan fingerprint density at radius 3 is 2.67 bits per heavy atom. The fraction of sp³-hybridized carbons (Fsp3) is 0.500. The molecule has 0 aliphatic rings. The summed E-state index contributed by atoms with van der Waals surface area (Å²) in [6.45, 7) is 4.03. The first kappa shape index (κ1) is 15.1. The highest BCUT2D eigenvalue weighted by Gasteiger charge is 1.97. The Hall–Kier alpha value is -1.00. The summed E-state index contributed by atoms with van der Waals surface area (Å²) in [6.07, 6.45) is 3.38. The monoisotopic (exact) mass is 267 g/mol. The zero-order chi connectivity index (χ0) is 13.2. The quantitative estimate of drug-likeness (QED) is 0.446. The third kappa shape index (κ3) is 6.07. The first-order valence-electron chi connectivity index (χ1n) is 6.25. The van der Waals surface area contributed by atoms with Gasteiger partial charge in [-0.2, -0.15) is 0 Å². The number of benzene rings is 1. The summed E-state index contributed by atoms with van der Waals surface area (Å²) >= 11 is 1.75. The third-order valence-corrected chi connectivity index (χ3v) is 3.28. The highest BCUT2D eigenvalue weighted by Crippen LogP contribution is 2.14. The van der Waals surface area contributed by atoms with Gasteiger partial charge in [0.25, 0.3) is 0 Å². The second-order valence-electron chi connectivity index (χ2n) is 3.95. The van der Waals surface area contributed by atoms with Crippen molar-refractivity contribution >= 4 is 17.7 Å². The molecule has 0 heterocycles. The van der Waals surface area contributed by atoms with E-state index in [9.17, 15) is 4.79 Å². The van der Waals surface area contributed by atoms with Gasteiger partial charge in [-0.1, -0.05) is 19.1 Å². The van der Waals surface area contributed by atoms with Crippen molar-refractivity contribution in [3.8, 4) is 0 Å². The second-order valence-corrected chi connectivity index (χ2v) is 4.83. The molecule has 1 rings (SSSR count). The van der Waals surface area contributed by atoms with Crippen molar-refractivity contribution in [2.24, 2.45) is 0 Å². The summed E-state index contributed by atoms with van der Waals surface area (Å²) in [6, 6.07) is 8.53. The number of carbonyl (C=O) groups excluding carboxylic acids is 1. The van der Waals surface area contributed by atoms with Crippen LogP contribution in [0, 0.1) is 0 Å². The van der Waals surface area contributed by atoms with E-state index in [1.807, 2.05) is 0 Å². The zero-order valence-electron chi connectivity index (χ0n) is 11.1. The minimum Gasteiger partial charge on any atom is -0.466 e. The summed E-state index contributed by atoms with van der Waals surface area (Å²) in [5.41, 5.74) is 1.28. The molecule has 0 radical (unpaired) electrons. The predicted octanol–water partition coefficient (Wildman–Crippen LogP) is 2.84. The number of esters is 1. The van der Waals surface area contributed by atoms with Gasteiger partial charge in [0.05, 0.1) is 6.61 Å². The Balaban J connectivity index is 2.08. The van der Waals surface area contributed by atoms with Gasteiger partial charge in [0.2, 0.25) is 0 Å². The lowest BCUT2D eigenvalue weighted by atomic mass is 10.2. The molecule has 1 aromatic carbocycles. The maximum atomic E-state index is 10.9. The van der Waals surface area contributed by atoms with Crippen LogP contribution in [0.25, 0.3) is 0 Å². The molecule has 0 aliphatic carbocycles. The first-order chi connectivity index (χ1) is 8.76. The van der Waals surface area contributed by atoms with Crippen LogP contribution in [0.1, 0.15) is 25.3 Å². The van der Waals surface area contributed by atoms with Crippen LogP contribution in [0.5, 0.6) is 0 Å². The van der Waals surface area contributed by atoms with E-state index >= 15 is 0 Å². The summed E-state index contributed by atoms with van der Waals surface area (Å²) in [5, 5.41) is 3.33. The molecule has 100 valence electrons. The topological polar surface area (TPSA) is 38.3 Å². The van der Waals surface area contributed by atoms with Gasteiger partial charge in [-0.25, -0.2) is 0 Å². The molecule has 0 bridgehead atoms. The van der Waals surface area contributed by atoms with E-state index in [0.717, 1.165) is 19.5 Å². The van der Waals surface area contributed by atoms with Gasteiger partial charge >= 0.3 is 5.97 Å². The maximum Gasteiger partial charge on any atom is 0.305 e. The van der Waals surface area contributed by atoms with E-state index < -0.39 is 0 Å². The van der Waals surface area contributed by atoms with Gasteiger partial charge in [0.15, 0.2) is 0 Å². The van der Waals surface area contributed by atoms with Crippen LogP contribution < -0.4 is 5.32 Å². The lowest BCUT2D eigenvalue weighted by Crippen LogP contribution is -2.17. The number of hydrogen-bond donors (Lipinski definition) is 1. The van der Waals surface area contributed by atoms with Crippen molar-refractivity contribution in [2.45, 2.75) is 31.2 Å². The fourth-order valence-electron chi connectivity index (χ4n) is 1.46. The second kappa shape index (κ2) is 9.00. The molecule has 1 aromatic rings.